The molecule has 0 atom stereocenters. The van der Waals surface area contributed by atoms with Crippen molar-refractivity contribution in [2.45, 2.75) is 0 Å². The minimum Gasteiger partial charge on any atom is -0.379 e. The van der Waals surface area contributed by atoms with Gasteiger partial charge in [-0.15, -0.1) is 0 Å². The molecule has 0 fully saturated rings. The van der Waals surface area contributed by atoms with Gasteiger partial charge in [-0.05, 0) is 30.3 Å². The summed E-state index contributed by atoms with van der Waals surface area (Å²) in [6, 6.07) is 8.48. The highest BCUT2D eigenvalue weighted by Gasteiger charge is 2.11. The van der Waals surface area contributed by atoms with Gasteiger partial charge in [0, 0.05) is 6.20 Å². The van der Waals surface area contributed by atoms with Crippen molar-refractivity contribution < 1.29 is 14.0 Å². The van der Waals surface area contributed by atoms with Crippen LogP contribution in [0.4, 0.5) is 4.39 Å². The number of hydrogen-bond acceptors (Lipinski definition) is 4. The molecule has 0 aliphatic heterocycles. The van der Waals surface area contributed by atoms with Crippen molar-refractivity contribution in [3.63, 3.8) is 0 Å². The van der Waals surface area contributed by atoms with E-state index in [1.165, 1.54) is 12.3 Å². The van der Waals surface area contributed by atoms with Crippen LogP contribution in [-0.2, 0) is 4.84 Å². The Morgan fingerprint density at radius 3 is 2.80 bits per heavy atom. The van der Waals surface area contributed by atoms with E-state index in [0.717, 1.165) is 12.1 Å². The number of amidine groups is 1. The second-order valence-electron chi connectivity index (χ2n) is 3.70. The number of halogens is 2. The Morgan fingerprint density at radius 1 is 1.35 bits per heavy atom. The standard InChI is InChI=1S/C13H9ClFN3O2/c14-9-7-8(4-5-10(9)15)13(19)20-18-12(16)11-3-1-2-6-17-11/h1-7H,(H2,16,18). The maximum absolute atomic E-state index is 13.0. The van der Waals surface area contributed by atoms with Gasteiger partial charge < -0.3 is 10.6 Å². The fourth-order valence-corrected chi connectivity index (χ4v) is 1.51. The summed E-state index contributed by atoms with van der Waals surface area (Å²) < 4.78 is 13.0. The first-order valence-corrected chi connectivity index (χ1v) is 5.87. The number of carbonyl (C=O) groups excluding carboxylic acids is 1. The molecule has 1 heterocycles. The molecule has 0 spiro atoms. The predicted octanol–water partition coefficient (Wildman–Crippen LogP) is 2.35. The number of oxime groups is 1. The van der Waals surface area contributed by atoms with Gasteiger partial charge in [-0.3, -0.25) is 4.98 Å². The van der Waals surface area contributed by atoms with Crippen molar-refractivity contribution >= 4 is 23.4 Å². The molecule has 7 heteroatoms. The summed E-state index contributed by atoms with van der Waals surface area (Å²) in [6.07, 6.45) is 1.53. The first kappa shape index (κ1) is 14.0. The van der Waals surface area contributed by atoms with Crippen LogP contribution in [0.25, 0.3) is 0 Å². The van der Waals surface area contributed by atoms with Crippen LogP contribution in [0, 0.1) is 5.82 Å². The van der Waals surface area contributed by atoms with Gasteiger partial charge in [-0.1, -0.05) is 22.8 Å². The number of rotatable bonds is 3. The average Bonchev–Trinajstić information content (AvgIpc) is 2.48. The molecular weight excluding hydrogens is 285 g/mol. The molecule has 2 aromatic rings. The van der Waals surface area contributed by atoms with Gasteiger partial charge in [0.1, 0.15) is 11.5 Å². The van der Waals surface area contributed by atoms with Gasteiger partial charge in [-0.2, -0.15) is 0 Å². The summed E-state index contributed by atoms with van der Waals surface area (Å²) in [5.74, 6) is -1.47. The highest BCUT2D eigenvalue weighted by atomic mass is 35.5. The minimum absolute atomic E-state index is 0.0489. The lowest BCUT2D eigenvalue weighted by Crippen LogP contribution is -2.16. The van der Waals surface area contributed by atoms with E-state index >= 15 is 0 Å². The van der Waals surface area contributed by atoms with E-state index < -0.39 is 11.8 Å². The third-order valence-corrected chi connectivity index (χ3v) is 2.60. The van der Waals surface area contributed by atoms with Crippen LogP contribution in [0.1, 0.15) is 16.1 Å². The molecule has 0 bridgehead atoms. The van der Waals surface area contributed by atoms with Crippen molar-refractivity contribution in [2.24, 2.45) is 10.9 Å². The number of pyridine rings is 1. The summed E-state index contributed by atoms with van der Waals surface area (Å²) in [5, 5.41) is 3.29. The van der Waals surface area contributed by atoms with Gasteiger partial charge in [0.15, 0.2) is 5.84 Å². The summed E-state index contributed by atoms with van der Waals surface area (Å²) in [4.78, 5) is 20.2. The Labute approximate surface area is 118 Å². The lowest BCUT2D eigenvalue weighted by Gasteiger charge is -2.01. The Bertz CT molecular complexity index is 662. The van der Waals surface area contributed by atoms with Crippen LogP contribution >= 0.6 is 11.6 Å². The Kier molecular flexibility index (Phi) is 4.27. The molecule has 0 aliphatic rings. The fourth-order valence-electron chi connectivity index (χ4n) is 1.33. The quantitative estimate of drug-likeness (QED) is 0.408. The molecule has 0 radical (unpaired) electrons. The maximum atomic E-state index is 13.0. The number of nitrogens with two attached hydrogens (primary N) is 1. The molecule has 1 aromatic heterocycles. The SMILES string of the molecule is N/C(=N\OC(=O)c1ccc(F)c(Cl)c1)c1ccccn1. The van der Waals surface area contributed by atoms with Crippen LogP contribution in [0.15, 0.2) is 47.8 Å². The third kappa shape index (κ3) is 3.30. The van der Waals surface area contributed by atoms with Gasteiger partial charge in [-0.25, -0.2) is 9.18 Å². The molecule has 0 aliphatic carbocycles. The Morgan fingerprint density at radius 2 is 2.15 bits per heavy atom. The largest absolute Gasteiger partial charge is 0.379 e. The first-order chi connectivity index (χ1) is 9.58. The lowest BCUT2D eigenvalue weighted by molar-refractivity contribution is 0.0516. The summed E-state index contributed by atoms with van der Waals surface area (Å²) in [6.45, 7) is 0. The zero-order valence-corrected chi connectivity index (χ0v) is 10.8. The van der Waals surface area contributed by atoms with Gasteiger partial charge >= 0.3 is 5.97 Å². The Balaban J connectivity index is 2.10. The van der Waals surface area contributed by atoms with Crippen molar-refractivity contribution in [1.29, 1.82) is 0 Å². The molecule has 2 N–H and O–H groups in total. The molecule has 0 amide bonds. The van der Waals surface area contributed by atoms with E-state index in [0.29, 0.717) is 5.69 Å². The number of nitrogens with zero attached hydrogens (tertiary/aromatic N) is 2. The molecule has 0 saturated carbocycles. The number of hydrogen-bond donors (Lipinski definition) is 1. The van der Waals surface area contributed by atoms with Crippen molar-refractivity contribution in [2.75, 3.05) is 0 Å². The van der Waals surface area contributed by atoms with Crippen molar-refractivity contribution in [1.82, 2.24) is 4.98 Å². The molecule has 102 valence electrons. The zero-order chi connectivity index (χ0) is 14.5. The monoisotopic (exact) mass is 293 g/mol. The third-order valence-electron chi connectivity index (χ3n) is 2.31. The van der Waals surface area contributed by atoms with Gasteiger partial charge in [0.2, 0.25) is 0 Å². The molecule has 0 saturated heterocycles. The molecule has 2 rings (SSSR count). The van der Waals surface area contributed by atoms with Gasteiger partial charge in [0.25, 0.3) is 0 Å². The average molecular weight is 294 g/mol. The summed E-state index contributed by atoms with van der Waals surface area (Å²) >= 11 is 5.56. The van der Waals surface area contributed by atoms with Crippen LogP contribution in [0.3, 0.4) is 0 Å². The summed E-state index contributed by atoms with van der Waals surface area (Å²) in [5.41, 5.74) is 6.04. The van der Waals surface area contributed by atoms with Crippen LogP contribution in [0.5, 0.6) is 0 Å². The van der Waals surface area contributed by atoms with E-state index in [-0.39, 0.29) is 16.4 Å². The van der Waals surface area contributed by atoms with Crippen LogP contribution < -0.4 is 5.73 Å². The topological polar surface area (TPSA) is 77.6 Å². The number of aromatic nitrogens is 1. The van der Waals surface area contributed by atoms with E-state index in [2.05, 4.69) is 15.0 Å². The highest BCUT2D eigenvalue weighted by molar-refractivity contribution is 6.31. The molecule has 5 nitrogen and oxygen atoms in total. The normalized spacial score (nSPS) is 11.2. The molecule has 0 unspecified atom stereocenters. The van der Waals surface area contributed by atoms with E-state index in [1.807, 2.05) is 0 Å². The van der Waals surface area contributed by atoms with E-state index in [9.17, 15) is 9.18 Å². The van der Waals surface area contributed by atoms with Gasteiger partial charge in [0.05, 0.1) is 10.6 Å². The highest BCUT2D eigenvalue weighted by Crippen LogP contribution is 2.16. The predicted molar refractivity (Wildman–Crippen MR) is 71.8 cm³/mol. The van der Waals surface area contributed by atoms with E-state index in [1.54, 1.807) is 18.2 Å². The van der Waals surface area contributed by atoms with Crippen LogP contribution in [-0.4, -0.2) is 16.8 Å². The maximum Gasteiger partial charge on any atom is 0.365 e. The molecular formula is C13H9ClFN3O2. The van der Waals surface area contributed by atoms with Crippen molar-refractivity contribution in [3.8, 4) is 0 Å². The summed E-state index contributed by atoms with van der Waals surface area (Å²) in [7, 11) is 0. The Hall–Kier alpha value is -2.47. The second-order valence-corrected chi connectivity index (χ2v) is 4.11. The number of carbonyl (C=O) groups is 1. The smallest absolute Gasteiger partial charge is 0.365 e. The zero-order valence-electron chi connectivity index (χ0n) is 10.1. The van der Waals surface area contributed by atoms with E-state index in [4.69, 9.17) is 17.3 Å². The molecule has 1 aromatic carbocycles. The second kappa shape index (κ2) is 6.12. The van der Waals surface area contributed by atoms with Crippen LogP contribution in [0.2, 0.25) is 5.02 Å². The number of benzene rings is 1. The van der Waals surface area contributed by atoms with Crippen molar-refractivity contribution in [3.05, 3.63) is 64.7 Å². The minimum atomic E-state index is -0.800. The first-order valence-electron chi connectivity index (χ1n) is 5.49. The molecule has 20 heavy (non-hydrogen) atoms. The lowest BCUT2D eigenvalue weighted by atomic mass is 10.2. The fraction of sp³-hybridized carbons (Fsp3) is 0.